The minimum atomic E-state index is -4.62. The van der Waals surface area contributed by atoms with E-state index in [1.165, 1.54) is 17.1 Å². The van der Waals surface area contributed by atoms with Gasteiger partial charge in [0.25, 0.3) is 5.91 Å². The molecule has 3 aromatic rings. The van der Waals surface area contributed by atoms with E-state index in [-0.39, 0.29) is 10.6 Å². The number of alkyl halides is 3. The summed E-state index contributed by atoms with van der Waals surface area (Å²) in [6.07, 6.45) is -1.70. The van der Waals surface area contributed by atoms with Gasteiger partial charge in [0.2, 0.25) is 0 Å². The number of hydrogen-bond acceptors (Lipinski definition) is 5. The van der Waals surface area contributed by atoms with Crippen LogP contribution in [0.5, 0.6) is 0 Å². The standard InChI is InChI=1S/C19H17ClF3N5O2/c1-11(27-18(29)13-5-14(19(21,22)23)7-15(20)6-13)17-25-10-26-28(17)16-4-3-12(8-24-16)9-30-2/h3-8,10-11H,9H2,1-2H3,(H,27,29)/t11-/m0/s1. The number of methoxy groups -OCH3 is 1. The highest BCUT2D eigenvalue weighted by Gasteiger charge is 2.32. The lowest BCUT2D eigenvalue weighted by Crippen LogP contribution is -2.29. The lowest BCUT2D eigenvalue weighted by Gasteiger charge is -2.15. The summed E-state index contributed by atoms with van der Waals surface area (Å²) in [5.41, 5.74) is -0.350. The highest BCUT2D eigenvalue weighted by Crippen LogP contribution is 2.32. The summed E-state index contributed by atoms with van der Waals surface area (Å²) in [6.45, 7) is 2.04. The first-order valence-electron chi connectivity index (χ1n) is 8.72. The van der Waals surface area contributed by atoms with Crippen molar-refractivity contribution in [2.45, 2.75) is 25.7 Å². The van der Waals surface area contributed by atoms with Crippen LogP contribution in [-0.4, -0.2) is 32.8 Å². The number of nitrogens with zero attached hydrogens (tertiary/aromatic N) is 4. The summed E-state index contributed by atoms with van der Waals surface area (Å²) in [5, 5.41) is 6.54. The van der Waals surface area contributed by atoms with Crippen molar-refractivity contribution < 1.29 is 22.7 Å². The van der Waals surface area contributed by atoms with Crippen LogP contribution in [0.25, 0.3) is 5.82 Å². The first kappa shape index (κ1) is 21.7. The van der Waals surface area contributed by atoms with Gasteiger partial charge in [-0.2, -0.15) is 23.0 Å². The normalized spacial score (nSPS) is 12.6. The van der Waals surface area contributed by atoms with Gasteiger partial charge >= 0.3 is 6.18 Å². The molecule has 2 heterocycles. The lowest BCUT2D eigenvalue weighted by molar-refractivity contribution is -0.137. The second-order valence-corrected chi connectivity index (χ2v) is 6.85. The molecule has 158 valence electrons. The Hall–Kier alpha value is -2.98. The Bertz CT molecular complexity index is 1040. The van der Waals surface area contributed by atoms with Gasteiger partial charge in [-0.15, -0.1) is 0 Å². The molecule has 0 radical (unpaired) electrons. The van der Waals surface area contributed by atoms with Gasteiger partial charge in [-0.3, -0.25) is 4.79 Å². The molecule has 1 amide bonds. The quantitative estimate of drug-likeness (QED) is 0.628. The number of ether oxygens (including phenoxy) is 1. The number of amides is 1. The third kappa shape index (κ3) is 4.95. The van der Waals surface area contributed by atoms with Crippen LogP contribution in [0.3, 0.4) is 0 Å². The van der Waals surface area contributed by atoms with Gasteiger partial charge in [-0.05, 0) is 36.8 Å². The average Bonchev–Trinajstić information content (AvgIpc) is 3.17. The molecule has 0 spiro atoms. The van der Waals surface area contributed by atoms with Gasteiger partial charge in [0, 0.05) is 23.9 Å². The number of nitrogens with one attached hydrogen (secondary N) is 1. The molecule has 2 aromatic heterocycles. The summed E-state index contributed by atoms with van der Waals surface area (Å²) in [6, 6.07) is 5.53. The highest BCUT2D eigenvalue weighted by atomic mass is 35.5. The van der Waals surface area contributed by atoms with E-state index >= 15 is 0 Å². The fraction of sp³-hybridized carbons (Fsp3) is 0.263. The summed E-state index contributed by atoms with van der Waals surface area (Å²) in [7, 11) is 1.57. The van der Waals surface area contributed by atoms with Crippen molar-refractivity contribution in [2.75, 3.05) is 7.11 Å². The van der Waals surface area contributed by atoms with Crippen molar-refractivity contribution in [3.63, 3.8) is 0 Å². The molecular weight excluding hydrogens is 423 g/mol. The van der Waals surface area contributed by atoms with E-state index < -0.39 is 23.7 Å². The molecule has 0 fully saturated rings. The van der Waals surface area contributed by atoms with Gasteiger partial charge in [-0.1, -0.05) is 17.7 Å². The molecule has 1 atom stereocenters. The van der Waals surface area contributed by atoms with Gasteiger partial charge in [0.05, 0.1) is 18.2 Å². The largest absolute Gasteiger partial charge is 0.416 e. The molecule has 0 aliphatic carbocycles. The maximum atomic E-state index is 13.0. The van der Waals surface area contributed by atoms with Gasteiger partial charge < -0.3 is 10.1 Å². The summed E-state index contributed by atoms with van der Waals surface area (Å²) >= 11 is 5.75. The zero-order chi connectivity index (χ0) is 21.9. The molecule has 0 saturated heterocycles. The maximum absolute atomic E-state index is 13.0. The minimum absolute atomic E-state index is 0.189. The number of hydrogen-bond donors (Lipinski definition) is 1. The van der Waals surface area contributed by atoms with E-state index in [0.717, 1.165) is 17.7 Å². The molecule has 11 heteroatoms. The molecule has 1 N–H and O–H groups in total. The second-order valence-electron chi connectivity index (χ2n) is 6.41. The topological polar surface area (TPSA) is 81.9 Å². The first-order valence-corrected chi connectivity index (χ1v) is 9.09. The summed E-state index contributed by atoms with van der Waals surface area (Å²) < 4.78 is 45.4. The Morgan fingerprint density at radius 1 is 1.27 bits per heavy atom. The number of pyridine rings is 1. The van der Waals surface area contributed by atoms with E-state index in [0.29, 0.717) is 18.2 Å². The molecule has 0 bridgehead atoms. The number of carbonyl (C=O) groups excluding carboxylic acids is 1. The Morgan fingerprint density at radius 2 is 2.03 bits per heavy atom. The zero-order valence-corrected chi connectivity index (χ0v) is 16.7. The average molecular weight is 440 g/mol. The van der Waals surface area contributed by atoms with Crippen molar-refractivity contribution in [2.24, 2.45) is 0 Å². The molecule has 3 rings (SSSR count). The van der Waals surface area contributed by atoms with Crippen molar-refractivity contribution in [3.05, 3.63) is 70.4 Å². The fourth-order valence-corrected chi connectivity index (χ4v) is 2.98. The molecule has 0 unspecified atom stereocenters. The van der Waals surface area contributed by atoms with Crippen molar-refractivity contribution in [3.8, 4) is 5.82 Å². The summed E-state index contributed by atoms with van der Waals surface area (Å²) in [5.74, 6) is 0.0902. The van der Waals surface area contributed by atoms with E-state index in [4.69, 9.17) is 16.3 Å². The van der Waals surface area contributed by atoms with Gasteiger partial charge in [-0.25, -0.2) is 9.97 Å². The Kier molecular flexibility index (Phi) is 6.37. The Morgan fingerprint density at radius 3 is 2.67 bits per heavy atom. The number of rotatable bonds is 6. The zero-order valence-electron chi connectivity index (χ0n) is 15.9. The van der Waals surface area contributed by atoms with Crippen LogP contribution < -0.4 is 5.32 Å². The molecule has 30 heavy (non-hydrogen) atoms. The third-order valence-corrected chi connectivity index (χ3v) is 4.35. The SMILES string of the molecule is COCc1ccc(-n2ncnc2[C@H](C)NC(=O)c2cc(Cl)cc(C(F)(F)F)c2)nc1. The van der Waals surface area contributed by atoms with Crippen molar-refractivity contribution in [1.82, 2.24) is 25.1 Å². The highest BCUT2D eigenvalue weighted by molar-refractivity contribution is 6.31. The van der Waals surface area contributed by atoms with Crippen LogP contribution in [0.15, 0.2) is 42.9 Å². The Balaban J connectivity index is 1.81. The fourth-order valence-electron chi connectivity index (χ4n) is 2.75. The number of carbonyl (C=O) groups is 1. The van der Waals surface area contributed by atoms with E-state index in [1.54, 1.807) is 26.3 Å². The molecule has 1 aromatic carbocycles. The van der Waals surface area contributed by atoms with Crippen molar-refractivity contribution >= 4 is 17.5 Å². The predicted octanol–water partition coefficient (Wildman–Crippen LogP) is 3.97. The van der Waals surface area contributed by atoms with Crippen molar-refractivity contribution in [1.29, 1.82) is 0 Å². The molecular formula is C19H17ClF3N5O2. The molecule has 0 saturated carbocycles. The second kappa shape index (κ2) is 8.80. The van der Waals surface area contributed by atoms with Crippen LogP contribution in [0, 0.1) is 0 Å². The van der Waals surface area contributed by atoms with Gasteiger partial charge in [0.15, 0.2) is 11.6 Å². The number of benzene rings is 1. The first-order chi connectivity index (χ1) is 14.2. The van der Waals surface area contributed by atoms with E-state index in [2.05, 4.69) is 20.4 Å². The molecule has 0 aliphatic heterocycles. The predicted molar refractivity (Wildman–Crippen MR) is 102 cm³/mol. The summed E-state index contributed by atoms with van der Waals surface area (Å²) in [4.78, 5) is 21.0. The smallest absolute Gasteiger partial charge is 0.380 e. The number of aromatic nitrogens is 4. The Labute approximate surface area is 174 Å². The molecule has 7 nitrogen and oxygen atoms in total. The van der Waals surface area contributed by atoms with Crippen LogP contribution in [0.1, 0.15) is 40.3 Å². The third-order valence-electron chi connectivity index (χ3n) is 4.13. The monoisotopic (exact) mass is 439 g/mol. The minimum Gasteiger partial charge on any atom is -0.380 e. The lowest BCUT2D eigenvalue weighted by atomic mass is 10.1. The number of halogens is 4. The maximum Gasteiger partial charge on any atom is 0.416 e. The van der Waals surface area contributed by atoms with Crippen LogP contribution in [-0.2, 0) is 17.5 Å². The van der Waals surface area contributed by atoms with Crippen LogP contribution in [0.4, 0.5) is 13.2 Å². The van der Waals surface area contributed by atoms with E-state index in [1.807, 2.05) is 6.07 Å². The van der Waals surface area contributed by atoms with Crippen LogP contribution in [0.2, 0.25) is 5.02 Å². The van der Waals surface area contributed by atoms with Crippen LogP contribution >= 0.6 is 11.6 Å². The molecule has 0 aliphatic rings. The van der Waals surface area contributed by atoms with Gasteiger partial charge in [0.1, 0.15) is 6.33 Å². The van der Waals surface area contributed by atoms with E-state index in [9.17, 15) is 18.0 Å².